The predicted octanol–water partition coefficient (Wildman–Crippen LogP) is 2.49. The molecule has 0 bridgehead atoms. The van der Waals surface area contributed by atoms with Gasteiger partial charge in [-0.2, -0.15) is 0 Å². The fourth-order valence-corrected chi connectivity index (χ4v) is 2.53. The van der Waals surface area contributed by atoms with E-state index in [2.05, 4.69) is 0 Å². The molecule has 0 radical (unpaired) electrons. The van der Waals surface area contributed by atoms with Crippen LogP contribution >= 0.6 is 10.7 Å². The molecule has 0 aliphatic rings. The third kappa shape index (κ3) is 4.11. The van der Waals surface area contributed by atoms with Crippen molar-refractivity contribution in [2.75, 3.05) is 20.2 Å². The van der Waals surface area contributed by atoms with Gasteiger partial charge in [-0.05, 0) is 31.5 Å². The van der Waals surface area contributed by atoms with Gasteiger partial charge in [-0.1, -0.05) is 6.92 Å². The summed E-state index contributed by atoms with van der Waals surface area (Å²) in [6.45, 7) is 4.69. The van der Waals surface area contributed by atoms with E-state index in [1.165, 1.54) is 23.1 Å². The molecule has 1 amide bonds. The summed E-state index contributed by atoms with van der Waals surface area (Å²) in [5.41, 5.74) is 0.199. The third-order valence-corrected chi connectivity index (χ3v) is 4.02. The minimum Gasteiger partial charge on any atom is -0.493 e. The summed E-state index contributed by atoms with van der Waals surface area (Å²) in [6, 6.07) is 4.03. The Kier molecular flexibility index (Phi) is 5.83. The summed E-state index contributed by atoms with van der Waals surface area (Å²) in [4.78, 5) is 13.7. The molecule has 20 heavy (non-hydrogen) atoms. The Morgan fingerprint density at radius 3 is 2.50 bits per heavy atom. The van der Waals surface area contributed by atoms with Crippen LogP contribution in [0.15, 0.2) is 23.1 Å². The second kappa shape index (κ2) is 6.95. The van der Waals surface area contributed by atoms with Crippen LogP contribution in [0.1, 0.15) is 30.6 Å². The van der Waals surface area contributed by atoms with E-state index in [0.29, 0.717) is 18.9 Å². The van der Waals surface area contributed by atoms with Crippen molar-refractivity contribution in [3.05, 3.63) is 23.8 Å². The van der Waals surface area contributed by atoms with Gasteiger partial charge in [0, 0.05) is 24.3 Å². The van der Waals surface area contributed by atoms with Gasteiger partial charge in [0.15, 0.2) is 0 Å². The molecule has 0 atom stereocenters. The van der Waals surface area contributed by atoms with Gasteiger partial charge in [0.05, 0.1) is 17.1 Å². The number of nitrogens with zero attached hydrogens (tertiary/aromatic N) is 1. The number of amides is 1. The summed E-state index contributed by atoms with van der Waals surface area (Å²) >= 11 is 0. The van der Waals surface area contributed by atoms with Crippen molar-refractivity contribution in [3.63, 3.8) is 0 Å². The second-order valence-corrected chi connectivity index (χ2v) is 6.82. The second-order valence-electron chi connectivity index (χ2n) is 4.26. The van der Waals surface area contributed by atoms with E-state index in [4.69, 9.17) is 15.4 Å². The number of carbonyl (C=O) groups is 1. The first-order valence-electron chi connectivity index (χ1n) is 6.28. The lowest BCUT2D eigenvalue weighted by molar-refractivity contribution is 0.0790. The number of benzene rings is 1. The van der Waals surface area contributed by atoms with Crippen LogP contribution < -0.4 is 4.74 Å². The van der Waals surface area contributed by atoms with Crippen LogP contribution in [0.25, 0.3) is 0 Å². The van der Waals surface area contributed by atoms with Gasteiger partial charge in [-0.3, -0.25) is 4.79 Å². The molecule has 0 aromatic heterocycles. The van der Waals surface area contributed by atoms with E-state index in [1.807, 2.05) is 6.92 Å². The van der Waals surface area contributed by atoms with Crippen molar-refractivity contribution in [2.24, 2.45) is 0 Å². The van der Waals surface area contributed by atoms with Crippen molar-refractivity contribution in [1.82, 2.24) is 4.90 Å². The number of carbonyl (C=O) groups excluding carboxylic acids is 1. The molecule has 0 fully saturated rings. The third-order valence-electron chi connectivity index (χ3n) is 2.67. The van der Waals surface area contributed by atoms with Crippen LogP contribution in [-0.4, -0.2) is 39.4 Å². The molecule has 0 saturated carbocycles. The zero-order valence-corrected chi connectivity index (χ0v) is 13.3. The standard InChI is InChI=1S/C13H18ClNO4S/c1-4-8-15(3)13(16)11-9-10(20(14,17)18)6-7-12(11)19-5-2/h6-7,9H,4-5,8H2,1-3H3. The smallest absolute Gasteiger partial charge is 0.261 e. The Hall–Kier alpha value is -1.27. The van der Waals surface area contributed by atoms with Crippen molar-refractivity contribution in [1.29, 1.82) is 0 Å². The Morgan fingerprint density at radius 2 is 2.00 bits per heavy atom. The molecule has 5 nitrogen and oxygen atoms in total. The predicted molar refractivity (Wildman–Crippen MR) is 77.9 cm³/mol. The SMILES string of the molecule is CCCN(C)C(=O)c1cc(S(=O)(=O)Cl)ccc1OCC. The molecule has 0 N–H and O–H groups in total. The van der Waals surface area contributed by atoms with Gasteiger partial charge in [0.2, 0.25) is 0 Å². The van der Waals surface area contributed by atoms with E-state index in [9.17, 15) is 13.2 Å². The van der Waals surface area contributed by atoms with E-state index in [-0.39, 0.29) is 16.4 Å². The lowest BCUT2D eigenvalue weighted by Crippen LogP contribution is -2.28. The Bertz CT molecular complexity index is 586. The molecule has 0 aliphatic heterocycles. The molecular formula is C13H18ClNO4S. The monoisotopic (exact) mass is 319 g/mol. The summed E-state index contributed by atoms with van der Waals surface area (Å²) in [6.07, 6.45) is 0.805. The first-order chi connectivity index (χ1) is 9.31. The Balaban J connectivity index is 3.28. The molecule has 1 aromatic rings. The molecule has 0 unspecified atom stereocenters. The first kappa shape index (κ1) is 16.8. The molecule has 112 valence electrons. The van der Waals surface area contributed by atoms with Crippen molar-refractivity contribution in [2.45, 2.75) is 25.2 Å². The summed E-state index contributed by atoms with van der Waals surface area (Å²) in [7, 11) is 3.09. The van der Waals surface area contributed by atoms with Gasteiger partial charge in [0.1, 0.15) is 5.75 Å². The fourth-order valence-electron chi connectivity index (χ4n) is 1.75. The van der Waals surface area contributed by atoms with E-state index >= 15 is 0 Å². The number of hydrogen-bond donors (Lipinski definition) is 0. The van der Waals surface area contributed by atoms with Crippen LogP contribution in [0, 0.1) is 0 Å². The van der Waals surface area contributed by atoms with Gasteiger partial charge >= 0.3 is 0 Å². The van der Waals surface area contributed by atoms with Crippen LogP contribution in [0.3, 0.4) is 0 Å². The minimum absolute atomic E-state index is 0.115. The Labute approximate surface area is 123 Å². The van der Waals surface area contributed by atoms with Gasteiger partial charge in [0.25, 0.3) is 15.0 Å². The highest BCUT2D eigenvalue weighted by Gasteiger charge is 2.20. The molecule has 1 rings (SSSR count). The highest BCUT2D eigenvalue weighted by atomic mass is 35.7. The zero-order chi connectivity index (χ0) is 15.3. The number of ether oxygens (including phenoxy) is 1. The molecule has 0 spiro atoms. The average molecular weight is 320 g/mol. The van der Waals surface area contributed by atoms with Crippen molar-refractivity contribution >= 4 is 25.6 Å². The minimum atomic E-state index is -3.88. The maximum atomic E-state index is 12.3. The molecule has 7 heteroatoms. The summed E-state index contributed by atoms with van der Waals surface area (Å²) in [5.74, 6) is 0.0574. The van der Waals surface area contributed by atoms with Gasteiger partial charge in [-0.15, -0.1) is 0 Å². The van der Waals surface area contributed by atoms with E-state index < -0.39 is 9.05 Å². The quantitative estimate of drug-likeness (QED) is 0.756. The highest BCUT2D eigenvalue weighted by Crippen LogP contribution is 2.26. The number of rotatable bonds is 6. The largest absolute Gasteiger partial charge is 0.493 e. The normalized spacial score (nSPS) is 11.2. The van der Waals surface area contributed by atoms with Gasteiger partial charge in [-0.25, -0.2) is 8.42 Å². The van der Waals surface area contributed by atoms with E-state index in [0.717, 1.165) is 6.42 Å². The lowest BCUT2D eigenvalue weighted by atomic mass is 10.1. The Morgan fingerprint density at radius 1 is 1.35 bits per heavy atom. The molecule has 1 aromatic carbocycles. The summed E-state index contributed by atoms with van der Waals surface area (Å²) in [5, 5.41) is 0. The molecule has 0 aliphatic carbocycles. The molecular weight excluding hydrogens is 302 g/mol. The summed E-state index contributed by atoms with van der Waals surface area (Å²) < 4.78 is 28.1. The highest BCUT2D eigenvalue weighted by molar-refractivity contribution is 8.13. The van der Waals surface area contributed by atoms with Crippen LogP contribution in [0.4, 0.5) is 0 Å². The molecule has 0 heterocycles. The van der Waals surface area contributed by atoms with E-state index in [1.54, 1.807) is 14.0 Å². The fraction of sp³-hybridized carbons (Fsp3) is 0.462. The first-order valence-corrected chi connectivity index (χ1v) is 8.59. The average Bonchev–Trinajstić information content (AvgIpc) is 2.37. The van der Waals surface area contributed by atoms with Gasteiger partial charge < -0.3 is 9.64 Å². The lowest BCUT2D eigenvalue weighted by Gasteiger charge is -2.18. The van der Waals surface area contributed by atoms with Crippen LogP contribution in [-0.2, 0) is 9.05 Å². The molecule has 0 saturated heterocycles. The number of hydrogen-bond acceptors (Lipinski definition) is 4. The van der Waals surface area contributed by atoms with Crippen molar-refractivity contribution < 1.29 is 17.9 Å². The van der Waals surface area contributed by atoms with Crippen LogP contribution in [0.5, 0.6) is 5.75 Å². The number of halogens is 1. The zero-order valence-electron chi connectivity index (χ0n) is 11.7. The maximum absolute atomic E-state index is 12.3. The van der Waals surface area contributed by atoms with Crippen molar-refractivity contribution in [3.8, 4) is 5.75 Å². The topological polar surface area (TPSA) is 63.7 Å². The van der Waals surface area contributed by atoms with Crippen LogP contribution in [0.2, 0.25) is 0 Å². The maximum Gasteiger partial charge on any atom is 0.261 e.